The quantitative estimate of drug-likeness (QED) is 0.505. The molecule has 0 aliphatic heterocycles. The van der Waals surface area contributed by atoms with Gasteiger partial charge in [0.25, 0.3) is 0 Å². The maximum Gasteiger partial charge on any atom is 0.119 e. The van der Waals surface area contributed by atoms with Gasteiger partial charge in [0.1, 0.15) is 5.60 Å². The van der Waals surface area contributed by atoms with Crippen LogP contribution in [0.3, 0.4) is 0 Å². The summed E-state index contributed by atoms with van der Waals surface area (Å²) in [6.45, 7) is 5.63. The molecule has 0 aromatic rings. The molecule has 0 aliphatic rings. The molecular weight excluding hydrogens is 148 g/mol. The summed E-state index contributed by atoms with van der Waals surface area (Å²) in [4.78, 5) is 0. The normalized spacial score (nSPS) is 10.7. The van der Waals surface area contributed by atoms with Gasteiger partial charge in [0.2, 0.25) is 0 Å². The first-order chi connectivity index (χ1) is 5.56. The van der Waals surface area contributed by atoms with Crippen molar-refractivity contribution in [2.24, 2.45) is 0 Å². The van der Waals surface area contributed by atoms with Crippen LogP contribution in [0, 0.1) is 11.8 Å². The SMILES string of the molecule is CCCCCCC#CC(C)(C)O. The second kappa shape index (κ2) is 6.08. The Hall–Kier alpha value is -0.480. The average Bonchev–Trinajstić information content (AvgIpc) is 1.94. The number of hydrogen-bond acceptors (Lipinski definition) is 1. The van der Waals surface area contributed by atoms with Crippen LogP contribution in [0.2, 0.25) is 0 Å². The van der Waals surface area contributed by atoms with Gasteiger partial charge in [-0.05, 0) is 20.3 Å². The zero-order valence-corrected chi connectivity index (χ0v) is 8.48. The highest BCUT2D eigenvalue weighted by atomic mass is 16.3. The molecule has 1 nitrogen and oxygen atoms in total. The summed E-state index contributed by atoms with van der Waals surface area (Å²) in [6, 6.07) is 0. The van der Waals surface area contributed by atoms with E-state index in [-0.39, 0.29) is 0 Å². The lowest BCUT2D eigenvalue weighted by atomic mass is 10.1. The highest BCUT2D eigenvalue weighted by Gasteiger charge is 2.04. The van der Waals surface area contributed by atoms with Crippen molar-refractivity contribution >= 4 is 0 Å². The van der Waals surface area contributed by atoms with Gasteiger partial charge in [0, 0.05) is 6.42 Å². The predicted octanol–water partition coefficient (Wildman–Crippen LogP) is 2.73. The Morgan fingerprint density at radius 1 is 1.17 bits per heavy atom. The first-order valence-electron chi connectivity index (χ1n) is 4.78. The van der Waals surface area contributed by atoms with E-state index < -0.39 is 5.60 Å². The molecule has 0 fully saturated rings. The van der Waals surface area contributed by atoms with Crippen LogP contribution in [0.15, 0.2) is 0 Å². The number of rotatable bonds is 4. The zero-order chi connectivity index (χ0) is 9.45. The van der Waals surface area contributed by atoms with E-state index in [0.717, 1.165) is 12.8 Å². The van der Waals surface area contributed by atoms with Gasteiger partial charge in [-0.3, -0.25) is 0 Å². The third-order valence-corrected chi connectivity index (χ3v) is 1.55. The van der Waals surface area contributed by atoms with Gasteiger partial charge < -0.3 is 5.11 Å². The fourth-order valence-corrected chi connectivity index (χ4v) is 0.919. The average molecular weight is 168 g/mol. The molecule has 0 saturated heterocycles. The monoisotopic (exact) mass is 168 g/mol. The molecule has 0 saturated carbocycles. The highest BCUT2D eigenvalue weighted by molar-refractivity contribution is 5.09. The van der Waals surface area contributed by atoms with E-state index in [1.165, 1.54) is 19.3 Å². The molecule has 1 heteroatoms. The smallest absolute Gasteiger partial charge is 0.119 e. The minimum absolute atomic E-state index is 0.815. The van der Waals surface area contributed by atoms with Gasteiger partial charge in [-0.15, -0.1) is 5.92 Å². The van der Waals surface area contributed by atoms with Gasteiger partial charge in [0.15, 0.2) is 0 Å². The molecule has 0 bridgehead atoms. The summed E-state index contributed by atoms with van der Waals surface area (Å²) in [6.07, 6.45) is 5.90. The summed E-state index contributed by atoms with van der Waals surface area (Å²) < 4.78 is 0. The predicted molar refractivity (Wildman–Crippen MR) is 52.8 cm³/mol. The largest absolute Gasteiger partial charge is 0.378 e. The van der Waals surface area contributed by atoms with Crippen LogP contribution in [0.4, 0.5) is 0 Å². The van der Waals surface area contributed by atoms with Crippen LogP contribution in [-0.4, -0.2) is 10.7 Å². The first kappa shape index (κ1) is 11.5. The van der Waals surface area contributed by atoms with E-state index in [1.807, 2.05) is 0 Å². The van der Waals surface area contributed by atoms with Crippen LogP contribution in [0.1, 0.15) is 52.9 Å². The van der Waals surface area contributed by atoms with Crippen molar-refractivity contribution in [1.29, 1.82) is 0 Å². The molecule has 0 rings (SSSR count). The molecule has 0 atom stereocenters. The maximum absolute atomic E-state index is 9.25. The Morgan fingerprint density at radius 3 is 2.33 bits per heavy atom. The molecule has 1 N–H and O–H groups in total. The van der Waals surface area contributed by atoms with Crippen molar-refractivity contribution in [3.8, 4) is 11.8 Å². The summed E-state index contributed by atoms with van der Waals surface area (Å²) in [7, 11) is 0. The molecule has 0 radical (unpaired) electrons. The van der Waals surface area contributed by atoms with Gasteiger partial charge in [-0.25, -0.2) is 0 Å². The van der Waals surface area contributed by atoms with Crippen molar-refractivity contribution in [1.82, 2.24) is 0 Å². The van der Waals surface area contributed by atoms with E-state index in [9.17, 15) is 5.11 Å². The minimum Gasteiger partial charge on any atom is -0.378 e. The van der Waals surface area contributed by atoms with Gasteiger partial charge in [-0.1, -0.05) is 32.1 Å². The lowest BCUT2D eigenvalue weighted by molar-refractivity contribution is 0.143. The van der Waals surface area contributed by atoms with Crippen LogP contribution in [0.25, 0.3) is 0 Å². The van der Waals surface area contributed by atoms with Crippen molar-refractivity contribution in [3.05, 3.63) is 0 Å². The fraction of sp³-hybridized carbons (Fsp3) is 0.818. The zero-order valence-electron chi connectivity index (χ0n) is 8.48. The van der Waals surface area contributed by atoms with E-state index >= 15 is 0 Å². The Bertz CT molecular complexity index is 154. The maximum atomic E-state index is 9.25. The molecule has 0 aromatic carbocycles. The van der Waals surface area contributed by atoms with Gasteiger partial charge in [-0.2, -0.15) is 0 Å². The Morgan fingerprint density at radius 2 is 1.83 bits per heavy atom. The van der Waals surface area contributed by atoms with Crippen LogP contribution >= 0.6 is 0 Å². The van der Waals surface area contributed by atoms with E-state index in [0.29, 0.717) is 0 Å². The number of unbranched alkanes of at least 4 members (excludes halogenated alkanes) is 4. The van der Waals surface area contributed by atoms with Crippen molar-refractivity contribution in [2.45, 2.75) is 58.5 Å². The lowest BCUT2D eigenvalue weighted by Gasteiger charge is -2.05. The van der Waals surface area contributed by atoms with Crippen molar-refractivity contribution in [3.63, 3.8) is 0 Å². The first-order valence-corrected chi connectivity index (χ1v) is 4.78. The van der Waals surface area contributed by atoms with Gasteiger partial charge >= 0.3 is 0 Å². The van der Waals surface area contributed by atoms with E-state index in [2.05, 4.69) is 18.8 Å². The second-order valence-corrected chi connectivity index (χ2v) is 3.67. The summed E-state index contributed by atoms with van der Waals surface area (Å²) in [5.41, 5.74) is -0.815. The second-order valence-electron chi connectivity index (χ2n) is 3.67. The fourth-order valence-electron chi connectivity index (χ4n) is 0.919. The van der Waals surface area contributed by atoms with Crippen LogP contribution < -0.4 is 0 Å². The van der Waals surface area contributed by atoms with Crippen molar-refractivity contribution < 1.29 is 5.11 Å². The summed E-state index contributed by atoms with van der Waals surface area (Å²) >= 11 is 0. The highest BCUT2D eigenvalue weighted by Crippen LogP contribution is 2.02. The minimum atomic E-state index is -0.815. The molecule has 70 valence electrons. The molecular formula is C11H20O. The third-order valence-electron chi connectivity index (χ3n) is 1.55. The topological polar surface area (TPSA) is 20.2 Å². The molecule has 0 amide bonds. The van der Waals surface area contributed by atoms with Crippen LogP contribution in [0.5, 0.6) is 0 Å². The lowest BCUT2D eigenvalue weighted by Crippen LogP contribution is -2.14. The number of aliphatic hydroxyl groups is 1. The molecule has 0 unspecified atom stereocenters. The summed E-state index contributed by atoms with van der Waals surface area (Å²) in [5, 5.41) is 9.25. The Kier molecular flexibility index (Phi) is 5.84. The molecule has 12 heavy (non-hydrogen) atoms. The van der Waals surface area contributed by atoms with Crippen molar-refractivity contribution in [2.75, 3.05) is 0 Å². The molecule has 0 spiro atoms. The third kappa shape index (κ3) is 9.52. The summed E-state index contributed by atoms with van der Waals surface area (Å²) in [5.74, 6) is 5.79. The standard InChI is InChI=1S/C11H20O/c1-4-5-6-7-8-9-10-11(2,3)12/h12H,4-8H2,1-3H3. The van der Waals surface area contributed by atoms with Crippen LogP contribution in [-0.2, 0) is 0 Å². The number of hydrogen-bond donors (Lipinski definition) is 1. The van der Waals surface area contributed by atoms with E-state index in [1.54, 1.807) is 13.8 Å². The van der Waals surface area contributed by atoms with Gasteiger partial charge in [0.05, 0.1) is 0 Å². The molecule has 0 aromatic heterocycles. The molecule has 0 heterocycles. The molecule has 0 aliphatic carbocycles. The van der Waals surface area contributed by atoms with E-state index in [4.69, 9.17) is 0 Å². The Balaban J connectivity index is 3.34. The Labute approximate surface area is 76.2 Å².